The summed E-state index contributed by atoms with van der Waals surface area (Å²) in [4.78, 5) is 9.44. The first-order valence-corrected chi connectivity index (χ1v) is 16.1. The first kappa shape index (κ1) is 34.8. The van der Waals surface area contributed by atoms with E-state index in [0.717, 1.165) is 61.9 Å². The summed E-state index contributed by atoms with van der Waals surface area (Å²) >= 11 is 0. The van der Waals surface area contributed by atoms with Gasteiger partial charge in [-0.1, -0.05) is 17.9 Å². The molecule has 2 aromatic heterocycles. The van der Waals surface area contributed by atoms with E-state index in [1.54, 1.807) is 6.07 Å². The lowest BCUT2D eigenvalue weighted by molar-refractivity contribution is -0.143. The van der Waals surface area contributed by atoms with Crippen molar-refractivity contribution in [3.05, 3.63) is 70.3 Å². The largest absolute Gasteiger partial charge is 0.416 e. The number of halogens is 8. The number of nitrogens with zero attached hydrogens (tertiary/aromatic N) is 7. The Morgan fingerprint density at radius 3 is 2.14 bits per heavy atom. The smallest absolute Gasteiger partial charge is 0.396 e. The summed E-state index contributed by atoms with van der Waals surface area (Å²) in [6, 6.07) is 5.07. The molecule has 0 amide bonds. The van der Waals surface area contributed by atoms with Crippen LogP contribution in [-0.4, -0.2) is 49.5 Å². The van der Waals surface area contributed by atoms with E-state index in [-0.39, 0.29) is 47.7 Å². The fraction of sp³-hybridized carbons (Fsp3) is 0.515. The van der Waals surface area contributed by atoms with Crippen molar-refractivity contribution in [3.8, 4) is 0 Å². The van der Waals surface area contributed by atoms with Gasteiger partial charge in [-0.15, -0.1) is 5.10 Å². The normalized spacial score (nSPS) is 20.4. The van der Waals surface area contributed by atoms with Crippen LogP contribution in [0, 0.1) is 23.5 Å². The summed E-state index contributed by atoms with van der Waals surface area (Å²) in [5, 5.41) is 21.7. The summed E-state index contributed by atoms with van der Waals surface area (Å²) in [6.07, 6.45) is -3.78. The molecule has 1 N–H and O–H groups in total. The highest BCUT2D eigenvalue weighted by Crippen LogP contribution is 2.41. The second-order valence-corrected chi connectivity index (χ2v) is 13.0. The maximum Gasteiger partial charge on any atom is 0.416 e. The molecule has 1 aliphatic heterocycles. The number of hydrogen-bond acceptors (Lipinski definition) is 7. The number of benzene rings is 2. The first-order valence-electron chi connectivity index (χ1n) is 16.1. The van der Waals surface area contributed by atoms with E-state index in [0.29, 0.717) is 41.9 Å². The van der Waals surface area contributed by atoms with Crippen LogP contribution in [0.3, 0.4) is 0 Å². The van der Waals surface area contributed by atoms with E-state index in [1.807, 2.05) is 0 Å². The van der Waals surface area contributed by atoms with Gasteiger partial charge in [-0.05, 0) is 85.0 Å². The van der Waals surface area contributed by atoms with Gasteiger partial charge in [0, 0.05) is 49.3 Å². The molecule has 3 heterocycles. The van der Waals surface area contributed by atoms with Crippen LogP contribution in [0.1, 0.15) is 67.2 Å². The minimum Gasteiger partial charge on any atom is -0.396 e. The zero-order valence-corrected chi connectivity index (χ0v) is 26.6. The van der Waals surface area contributed by atoms with E-state index >= 15 is 0 Å². The van der Waals surface area contributed by atoms with E-state index in [4.69, 9.17) is 4.98 Å². The Kier molecular flexibility index (Phi) is 9.70. The number of aliphatic hydroxyl groups excluding tert-OH is 1. The summed E-state index contributed by atoms with van der Waals surface area (Å²) in [5.41, 5.74) is -2.52. The van der Waals surface area contributed by atoms with E-state index in [1.165, 1.54) is 11.9 Å². The molecule has 49 heavy (non-hydrogen) atoms. The summed E-state index contributed by atoms with van der Waals surface area (Å²) in [7, 11) is 1.46. The number of anilines is 2. The van der Waals surface area contributed by atoms with Crippen LogP contribution in [0.2, 0.25) is 0 Å². The van der Waals surface area contributed by atoms with Crippen molar-refractivity contribution >= 4 is 22.7 Å². The number of aromatic nitrogens is 5. The molecule has 2 aliphatic rings. The lowest BCUT2D eigenvalue weighted by Crippen LogP contribution is -2.39. The van der Waals surface area contributed by atoms with Crippen molar-refractivity contribution in [2.75, 3.05) is 23.0 Å². The molecule has 6 rings (SSSR count). The van der Waals surface area contributed by atoms with Crippen LogP contribution < -0.4 is 9.80 Å². The number of pyridine rings is 1. The molecule has 1 unspecified atom stereocenters. The molecule has 4 aromatic rings. The molecule has 1 atom stereocenters. The SMILES string of the molecule is Cn1nnc(N(Cc2cc(C(F)(F)F)cc(C(F)(F)F)c2)Cc2cc3cc(F)c(F)cc3nc2N2CCCC2C2CCC(CCO)CC2)n1. The van der Waals surface area contributed by atoms with Crippen molar-refractivity contribution in [2.24, 2.45) is 18.9 Å². The molecule has 1 saturated carbocycles. The summed E-state index contributed by atoms with van der Waals surface area (Å²) < 4.78 is 111. The van der Waals surface area contributed by atoms with Crippen molar-refractivity contribution in [1.29, 1.82) is 0 Å². The van der Waals surface area contributed by atoms with Gasteiger partial charge in [-0.2, -0.15) is 31.1 Å². The molecule has 16 heteroatoms. The number of aryl methyl sites for hydroxylation is 1. The Labute approximate surface area is 276 Å². The molecule has 1 saturated heterocycles. The minimum atomic E-state index is -5.04. The van der Waals surface area contributed by atoms with Crippen LogP contribution >= 0.6 is 0 Å². The minimum absolute atomic E-state index is 0.0648. The Bertz CT molecular complexity index is 1750. The molecule has 1 aliphatic carbocycles. The highest BCUT2D eigenvalue weighted by molar-refractivity contribution is 5.82. The number of tetrazole rings is 1. The van der Waals surface area contributed by atoms with E-state index in [9.17, 15) is 40.2 Å². The third kappa shape index (κ3) is 7.73. The second kappa shape index (κ2) is 13.7. The van der Waals surface area contributed by atoms with Crippen LogP contribution in [0.15, 0.2) is 36.4 Å². The van der Waals surface area contributed by atoms with Gasteiger partial charge in [0.05, 0.1) is 23.7 Å². The third-order valence-electron chi connectivity index (χ3n) is 9.62. The molecule has 0 bridgehead atoms. The fourth-order valence-corrected chi connectivity index (χ4v) is 7.29. The molecule has 2 fully saturated rings. The van der Waals surface area contributed by atoms with E-state index in [2.05, 4.69) is 20.3 Å². The predicted octanol–water partition coefficient (Wildman–Crippen LogP) is 7.44. The Balaban J connectivity index is 1.41. The zero-order valence-electron chi connectivity index (χ0n) is 26.6. The maximum atomic E-state index is 14.4. The highest BCUT2D eigenvalue weighted by Gasteiger charge is 2.38. The lowest BCUT2D eigenvalue weighted by Gasteiger charge is -2.38. The van der Waals surface area contributed by atoms with Crippen molar-refractivity contribution in [2.45, 2.75) is 76.4 Å². The molecule has 264 valence electrons. The van der Waals surface area contributed by atoms with Crippen molar-refractivity contribution in [1.82, 2.24) is 25.2 Å². The van der Waals surface area contributed by atoms with Crippen molar-refractivity contribution < 1.29 is 40.2 Å². The Morgan fingerprint density at radius 2 is 1.53 bits per heavy atom. The number of alkyl halides is 6. The number of fused-ring (bicyclic) bond motifs is 1. The Morgan fingerprint density at radius 1 is 0.857 bits per heavy atom. The molecule has 0 spiro atoms. The van der Waals surface area contributed by atoms with Gasteiger partial charge < -0.3 is 14.9 Å². The number of hydrogen-bond donors (Lipinski definition) is 1. The van der Waals surface area contributed by atoms with Gasteiger partial charge in [-0.3, -0.25) is 0 Å². The summed E-state index contributed by atoms with van der Waals surface area (Å²) in [6.45, 7) is 0.142. The molecular weight excluding hydrogens is 662 g/mol. The fourth-order valence-electron chi connectivity index (χ4n) is 7.29. The molecule has 2 aromatic carbocycles. The first-order chi connectivity index (χ1) is 23.2. The average molecular weight is 698 g/mol. The van der Waals surface area contributed by atoms with Crippen LogP contribution in [0.25, 0.3) is 10.9 Å². The lowest BCUT2D eigenvalue weighted by atomic mass is 9.77. The quantitative estimate of drug-likeness (QED) is 0.182. The topological polar surface area (TPSA) is 83.2 Å². The maximum absolute atomic E-state index is 14.4. The summed E-state index contributed by atoms with van der Waals surface area (Å²) in [5.74, 6) is -1.00. The second-order valence-electron chi connectivity index (χ2n) is 13.0. The van der Waals surface area contributed by atoms with Crippen LogP contribution in [0.4, 0.5) is 46.9 Å². The van der Waals surface area contributed by atoms with E-state index < -0.39 is 41.7 Å². The molecular formula is C33H35F8N7O. The van der Waals surface area contributed by atoms with Gasteiger partial charge in [0.1, 0.15) is 5.82 Å². The zero-order chi connectivity index (χ0) is 35.1. The average Bonchev–Trinajstić information content (AvgIpc) is 3.70. The van der Waals surface area contributed by atoms with Gasteiger partial charge >= 0.3 is 12.4 Å². The Hall–Kier alpha value is -4.08. The number of rotatable bonds is 9. The van der Waals surface area contributed by atoms with Crippen LogP contribution in [0.5, 0.6) is 0 Å². The van der Waals surface area contributed by atoms with Gasteiger partial charge in [0.15, 0.2) is 11.6 Å². The predicted molar refractivity (Wildman–Crippen MR) is 164 cm³/mol. The third-order valence-corrected chi connectivity index (χ3v) is 9.62. The van der Waals surface area contributed by atoms with Gasteiger partial charge in [-0.25, -0.2) is 13.8 Å². The monoisotopic (exact) mass is 697 g/mol. The molecule has 0 radical (unpaired) electrons. The number of aliphatic hydroxyl groups is 1. The van der Waals surface area contributed by atoms with Crippen LogP contribution in [-0.2, 0) is 32.5 Å². The van der Waals surface area contributed by atoms with Crippen molar-refractivity contribution in [3.63, 3.8) is 0 Å². The van der Waals surface area contributed by atoms with Gasteiger partial charge in [0.25, 0.3) is 5.95 Å². The molecule has 8 nitrogen and oxygen atoms in total. The highest BCUT2D eigenvalue weighted by atomic mass is 19.4. The van der Waals surface area contributed by atoms with Gasteiger partial charge in [0.2, 0.25) is 0 Å². The standard InChI is InChI=1S/C33H35F8N7O/c1-46-44-31(43-45-46)47(17-20-11-24(32(36,37)38)15-25(12-20)33(39,40)41)18-23-13-22-14-26(34)27(35)16-28(22)42-30(23)48-9-2-3-29(48)21-6-4-19(5-7-21)8-10-49/h11-16,19,21,29,49H,2-10,17-18H2,1H3.